The second kappa shape index (κ2) is 8.87. The normalized spacial score (nSPS) is 19.2. The molecule has 160 valence electrons. The molecular formula is C24H17Cl2N3OS2. The molecule has 2 aliphatic rings. The number of halogens is 2. The molecule has 3 aromatic rings. The number of fused-ring (bicyclic) bond motifs is 1. The summed E-state index contributed by atoms with van der Waals surface area (Å²) in [6.45, 7) is 0.447. The Morgan fingerprint density at radius 2 is 1.62 bits per heavy atom. The average molecular weight is 498 g/mol. The third kappa shape index (κ3) is 4.16. The Labute approximate surface area is 204 Å². The van der Waals surface area contributed by atoms with Crippen LogP contribution in [0.2, 0.25) is 10.0 Å². The molecule has 0 saturated carbocycles. The number of thioether (sulfide) groups is 2. The fourth-order valence-electron chi connectivity index (χ4n) is 3.47. The van der Waals surface area contributed by atoms with Gasteiger partial charge in [0.15, 0.2) is 5.17 Å². The second-order valence-corrected chi connectivity index (χ2v) is 10.1. The van der Waals surface area contributed by atoms with Crippen molar-refractivity contribution in [1.29, 1.82) is 0 Å². The molecule has 3 aromatic carbocycles. The fourth-order valence-corrected chi connectivity index (χ4v) is 6.08. The Morgan fingerprint density at radius 1 is 0.906 bits per heavy atom. The van der Waals surface area contributed by atoms with Gasteiger partial charge in [-0.15, -0.1) is 0 Å². The van der Waals surface area contributed by atoms with Crippen LogP contribution in [-0.2, 0) is 11.3 Å². The number of benzene rings is 3. The molecule has 1 amide bonds. The summed E-state index contributed by atoms with van der Waals surface area (Å²) in [5, 5.41) is 2.85. The van der Waals surface area contributed by atoms with Gasteiger partial charge in [-0.2, -0.15) is 0 Å². The van der Waals surface area contributed by atoms with Gasteiger partial charge in [0.25, 0.3) is 5.91 Å². The molecule has 0 spiro atoms. The standard InChI is InChI=1S/C24H17Cl2N3OS2/c1-28-19-13-17(26)9-12-20(19)31-23(28)21-22(30)29(14-15-5-3-2-4-6-15)24(32-21)27-18-10-7-16(25)8-11-18/h2-13H,14H2,1H3/b23-21+,27-24?. The van der Waals surface area contributed by atoms with Gasteiger partial charge in [0.2, 0.25) is 0 Å². The Kier molecular flexibility index (Phi) is 5.95. The highest BCUT2D eigenvalue weighted by atomic mass is 35.5. The number of amides is 1. The molecule has 0 atom stereocenters. The van der Waals surface area contributed by atoms with Crippen molar-refractivity contribution in [3.05, 3.63) is 98.3 Å². The molecular weight excluding hydrogens is 481 g/mol. The summed E-state index contributed by atoms with van der Waals surface area (Å²) in [4.78, 5) is 23.9. The lowest BCUT2D eigenvalue weighted by Crippen LogP contribution is -2.29. The summed E-state index contributed by atoms with van der Waals surface area (Å²) >= 11 is 15.2. The largest absolute Gasteiger partial charge is 0.337 e. The van der Waals surface area contributed by atoms with E-state index < -0.39 is 0 Å². The van der Waals surface area contributed by atoms with E-state index in [1.165, 1.54) is 11.8 Å². The van der Waals surface area contributed by atoms with Crippen LogP contribution in [0.3, 0.4) is 0 Å². The van der Waals surface area contributed by atoms with E-state index in [4.69, 9.17) is 28.2 Å². The van der Waals surface area contributed by atoms with Crippen molar-refractivity contribution in [2.45, 2.75) is 11.4 Å². The molecule has 0 bridgehead atoms. The first-order valence-corrected chi connectivity index (χ1v) is 12.2. The number of nitrogens with zero attached hydrogens (tertiary/aromatic N) is 3. The minimum absolute atomic E-state index is 0.0557. The van der Waals surface area contributed by atoms with Gasteiger partial charge >= 0.3 is 0 Å². The van der Waals surface area contributed by atoms with Gasteiger partial charge in [0.1, 0.15) is 4.91 Å². The van der Waals surface area contributed by atoms with Gasteiger partial charge in [0, 0.05) is 22.0 Å². The van der Waals surface area contributed by atoms with Crippen molar-refractivity contribution in [2.24, 2.45) is 4.99 Å². The van der Waals surface area contributed by atoms with Crippen LogP contribution in [-0.4, -0.2) is 23.0 Å². The number of hydrogen-bond acceptors (Lipinski definition) is 5. The maximum absolute atomic E-state index is 13.6. The van der Waals surface area contributed by atoms with Crippen molar-refractivity contribution in [3.63, 3.8) is 0 Å². The van der Waals surface area contributed by atoms with E-state index in [-0.39, 0.29) is 5.91 Å². The van der Waals surface area contributed by atoms with E-state index in [1.807, 2.05) is 72.6 Å². The van der Waals surface area contributed by atoms with Crippen LogP contribution < -0.4 is 4.90 Å². The van der Waals surface area contributed by atoms with Gasteiger partial charge in [-0.1, -0.05) is 65.3 Å². The summed E-state index contributed by atoms with van der Waals surface area (Å²) in [7, 11) is 1.96. The van der Waals surface area contributed by atoms with Gasteiger partial charge in [-0.3, -0.25) is 9.69 Å². The summed E-state index contributed by atoms with van der Waals surface area (Å²) in [5.41, 5.74) is 2.78. The summed E-state index contributed by atoms with van der Waals surface area (Å²) in [6, 6.07) is 23.0. The third-order valence-electron chi connectivity index (χ3n) is 5.09. The summed E-state index contributed by atoms with van der Waals surface area (Å²) in [5.74, 6) is -0.0557. The Bertz CT molecular complexity index is 1260. The molecule has 5 rings (SSSR count). The molecule has 2 aliphatic heterocycles. The number of carbonyl (C=O) groups excluding carboxylic acids is 1. The maximum Gasteiger partial charge on any atom is 0.269 e. The lowest BCUT2D eigenvalue weighted by Gasteiger charge is -2.17. The third-order valence-corrected chi connectivity index (χ3v) is 8.01. The van der Waals surface area contributed by atoms with Crippen molar-refractivity contribution in [3.8, 4) is 0 Å². The monoisotopic (exact) mass is 497 g/mol. The zero-order valence-corrected chi connectivity index (χ0v) is 20.1. The molecule has 1 fully saturated rings. The van der Waals surface area contributed by atoms with E-state index >= 15 is 0 Å². The minimum atomic E-state index is -0.0557. The Hall–Kier alpha value is -2.38. The maximum atomic E-state index is 13.6. The van der Waals surface area contributed by atoms with E-state index in [2.05, 4.69) is 0 Å². The Morgan fingerprint density at radius 3 is 2.38 bits per heavy atom. The Balaban J connectivity index is 1.55. The van der Waals surface area contributed by atoms with Crippen molar-refractivity contribution in [1.82, 2.24) is 4.90 Å². The predicted molar refractivity (Wildman–Crippen MR) is 136 cm³/mol. The number of amidine groups is 1. The van der Waals surface area contributed by atoms with Crippen LogP contribution in [0.5, 0.6) is 0 Å². The number of carbonyl (C=O) groups is 1. The van der Waals surface area contributed by atoms with Crippen molar-refractivity contribution >= 4 is 69.2 Å². The second-order valence-electron chi connectivity index (χ2n) is 7.26. The highest BCUT2D eigenvalue weighted by molar-refractivity contribution is 8.19. The van der Waals surface area contributed by atoms with E-state index in [1.54, 1.807) is 28.8 Å². The SMILES string of the molecule is CN1/C(=C2\SC(=Nc3ccc(Cl)cc3)N(Cc3ccccc3)C2=O)Sc2ccc(Cl)cc21. The zero-order valence-electron chi connectivity index (χ0n) is 17.0. The van der Waals surface area contributed by atoms with Crippen molar-refractivity contribution in [2.75, 3.05) is 11.9 Å². The minimum Gasteiger partial charge on any atom is -0.337 e. The summed E-state index contributed by atoms with van der Waals surface area (Å²) in [6.07, 6.45) is 0. The van der Waals surface area contributed by atoms with Gasteiger partial charge in [-0.25, -0.2) is 4.99 Å². The molecule has 0 aromatic heterocycles. The van der Waals surface area contributed by atoms with Crippen LogP contribution >= 0.6 is 46.7 Å². The first kappa shape index (κ1) is 21.5. The molecule has 2 heterocycles. The van der Waals surface area contributed by atoms with Crippen LogP contribution in [0.4, 0.5) is 11.4 Å². The number of rotatable bonds is 3. The van der Waals surface area contributed by atoms with Crippen LogP contribution in [0.25, 0.3) is 0 Å². The van der Waals surface area contributed by atoms with Gasteiger partial charge < -0.3 is 4.90 Å². The molecule has 0 radical (unpaired) electrons. The van der Waals surface area contributed by atoms with Gasteiger partial charge in [-0.05, 0) is 59.8 Å². The molecule has 0 N–H and O–H groups in total. The van der Waals surface area contributed by atoms with E-state index in [9.17, 15) is 4.79 Å². The smallest absolute Gasteiger partial charge is 0.269 e. The molecule has 0 unspecified atom stereocenters. The predicted octanol–water partition coefficient (Wildman–Crippen LogP) is 7.17. The lowest BCUT2D eigenvalue weighted by atomic mass is 10.2. The highest BCUT2D eigenvalue weighted by Gasteiger charge is 2.39. The van der Waals surface area contributed by atoms with Crippen LogP contribution in [0.15, 0.2) is 92.6 Å². The molecule has 0 aliphatic carbocycles. The van der Waals surface area contributed by atoms with Crippen LogP contribution in [0.1, 0.15) is 5.56 Å². The zero-order chi connectivity index (χ0) is 22.2. The fraction of sp³-hybridized carbons (Fsp3) is 0.0833. The van der Waals surface area contributed by atoms with E-state index in [0.717, 1.165) is 26.9 Å². The quantitative estimate of drug-likeness (QED) is 0.359. The molecule has 1 saturated heterocycles. The van der Waals surface area contributed by atoms with Crippen LogP contribution in [0, 0.1) is 0 Å². The first-order chi connectivity index (χ1) is 15.5. The lowest BCUT2D eigenvalue weighted by molar-refractivity contribution is -0.122. The number of hydrogen-bond donors (Lipinski definition) is 0. The average Bonchev–Trinajstić information content (AvgIpc) is 3.27. The molecule has 8 heteroatoms. The summed E-state index contributed by atoms with van der Waals surface area (Å²) < 4.78 is 0. The topological polar surface area (TPSA) is 35.9 Å². The highest BCUT2D eigenvalue weighted by Crippen LogP contribution is 2.50. The van der Waals surface area contributed by atoms with E-state index in [0.29, 0.717) is 26.7 Å². The number of anilines is 1. The molecule has 4 nitrogen and oxygen atoms in total. The number of aliphatic imine (C=N–C) groups is 1. The molecule has 32 heavy (non-hydrogen) atoms. The van der Waals surface area contributed by atoms with Gasteiger partial charge in [0.05, 0.1) is 22.9 Å². The first-order valence-electron chi connectivity index (χ1n) is 9.83. The van der Waals surface area contributed by atoms with Crippen molar-refractivity contribution < 1.29 is 4.79 Å².